The standard InChI is InChI=1S/C14H15NOS2/c1-15(10-13-3-2-8-18-13)14(16)9-11-4-6-12(17)7-5-11/h2-8,17H,9-10H2,1H3. The van der Waals surface area contributed by atoms with Crippen molar-refractivity contribution in [1.82, 2.24) is 4.90 Å². The number of nitrogens with zero attached hydrogens (tertiary/aromatic N) is 1. The van der Waals surface area contributed by atoms with E-state index in [1.54, 1.807) is 16.2 Å². The molecule has 0 atom stereocenters. The molecule has 0 saturated heterocycles. The normalized spacial score (nSPS) is 10.3. The number of hydrogen-bond donors (Lipinski definition) is 1. The zero-order valence-electron chi connectivity index (χ0n) is 10.2. The fourth-order valence-corrected chi connectivity index (χ4v) is 2.55. The van der Waals surface area contributed by atoms with E-state index in [1.807, 2.05) is 48.8 Å². The molecule has 0 spiro atoms. The van der Waals surface area contributed by atoms with Crippen molar-refractivity contribution in [3.63, 3.8) is 0 Å². The van der Waals surface area contributed by atoms with Gasteiger partial charge >= 0.3 is 0 Å². The highest BCUT2D eigenvalue weighted by molar-refractivity contribution is 7.80. The molecule has 0 saturated carbocycles. The number of hydrogen-bond acceptors (Lipinski definition) is 3. The van der Waals surface area contributed by atoms with Crippen LogP contribution in [0.4, 0.5) is 0 Å². The average Bonchev–Trinajstić information content (AvgIpc) is 2.85. The summed E-state index contributed by atoms with van der Waals surface area (Å²) in [5.41, 5.74) is 1.02. The van der Waals surface area contributed by atoms with E-state index in [1.165, 1.54) is 4.88 Å². The maximum atomic E-state index is 12.0. The topological polar surface area (TPSA) is 20.3 Å². The Morgan fingerprint density at radius 1 is 1.28 bits per heavy atom. The fourth-order valence-electron chi connectivity index (χ4n) is 1.65. The lowest BCUT2D eigenvalue weighted by Gasteiger charge is -2.16. The number of thiophene rings is 1. The highest BCUT2D eigenvalue weighted by Gasteiger charge is 2.10. The van der Waals surface area contributed by atoms with Gasteiger partial charge in [0.05, 0.1) is 13.0 Å². The van der Waals surface area contributed by atoms with Gasteiger partial charge < -0.3 is 4.90 Å². The van der Waals surface area contributed by atoms with Crippen molar-refractivity contribution in [1.29, 1.82) is 0 Å². The summed E-state index contributed by atoms with van der Waals surface area (Å²) >= 11 is 5.90. The van der Waals surface area contributed by atoms with E-state index in [0.29, 0.717) is 13.0 Å². The first-order valence-corrected chi connectivity index (χ1v) is 7.02. The first-order valence-electron chi connectivity index (χ1n) is 5.69. The van der Waals surface area contributed by atoms with E-state index in [9.17, 15) is 4.79 Å². The molecular weight excluding hydrogens is 262 g/mol. The summed E-state index contributed by atoms with van der Waals surface area (Å²) in [4.78, 5) is 15.9. The third kappa shape index (κ3) is 3.62. The van der Waals surface area contributed by atoms with E-state index in [0.717, 1.165) is 10.5 Å². The van der Waals surface area contributed by atoms with Crippen LogP contribution in [0, 0.1) is 0 Å². The smallest absolute Gasteiger partial charge is 0.227 e. The Hall–Kier alpha value is -1.26. The quantitative estimate of drug-likeness (QED) is 0.851. The van der Waals surface area contributed by atoms with Gasteiger partial charge in [-0.05, 0) is 29.1 Å². The molecule has 18 heavy (non-hydrogen) atoms. The number of carbonyl (C=O) groups is 1. The van der Waals surface area contributed by atoms with Crippen LogP contribution in [-0.4, -0.2) is 17.9 Å². The van der Waals surface area contributed by atoms with Crippen molar-refractivity contribution in [2.75, 3.05) is 7.05 Å². The third-order valence-corrected chi connectivity index (χ3v) is 3.85. The Kier molecular flexibility index (Phi) is 4.44. The minimum absolute atomic E-state index is 0.135. The predicted octanol–water partition coefficient (Wildman–Crippen LogP) is 3.24. The van der Waals surface area contributed by atoms with Crippen molar-refractivity contribution in [2.45, 2.75) is 17.9 Å². The number of thiol groups is 1. The van der Waals surface area contributed by atoms with Crippen molar-refractivity contribution in [3.05, 3.63) is 52.2 Å². The third-order valence-electron chi connectivity index (χ3n) is 2.69. The predicted molar refractivity (Wildman–Crippen MR) is 78.2 cm³/mol. The number of carbonyl (C=O) groups excluding carboxylic acids is 1. The first-order chi connectivity index (χ1) is 8.65. The van der Waals surface area contributed by atoms with Crippen LogP contribution in [0.5, 0.6) is 0 Å². The second-order valence-corrected chi connectivity index (χ2v) is 5.72. The maximum Gasteiger partial charge on any atom is 0.227 e. The molecule has 0 N–H and O–H groups in total. The van der Waals surface area contributed by atoms with E-state index in [2.05, 4.69) is 12.6 Å². The molecule has 0 bridgehead atoms. The molecule has 2 nitrogen and oxygen atoms in total. The van der Waals surface area contributed by atoms with E-state index >= 15 is 0 Å². The van der Waals surface area contributed by atoms with E-state index in [-0.39, 0.29) is 5.91 Å². The molecule has 0 unspecified atom stereocenters. The van der Waals surface area contributed by atoms with Gasteiger partial charge in [-0.3, -0.25) is 4.79 Å². The molecule has 0 aliphatic rings. The van der Waals surface area contributed by atoms with Gasteiger partial charge in [0.15, 0.2) is 0 Å². The molecule has 1 heterocycles. The zero-order chi connectivity index (χ0) is 13.0. The number of amides is 1. The molecule has 2 rings (SSSR count). The van der Waals surface area contributed by atoms with E-state index in [4.69, 9.17) is 0 Å². The number of likely N-dealkylation sites (N-methyl/N-ethyl adjacent to an activating group) is 1. The van der Waals surface area contributed by atoms with Crippen LogP contribution in [0.2, 0.25) is 0 Å². The average molecular weight is 277 g/mol. The minimum atomic E-state index is 0.135. The lowest BCUT2D eigenvalue weighted by Crippen LogP contribution is -2.27. The molecular formula is C14H15NOS2. The second kappa shape index (κ2) is 6.07. The van der Waals surface area contributed by atoms with Gasteiger partial charge in [-0.15, -0.1) is 24.0 Å². The Bertz CT molecular complexity index is 505. The minimum Gasteiger partial charge on any atom is -0.340 e. The molecule has 94 valence electrons. The van der Waals surface area contributed by atoms with Crippen LogP contribution >= 0.6 is 24.0 Å². The summed E-state index contributed by atoms with van der Waals surface area (Å²) in [6.45, 7) is 0.682. The molecule has 1 aromatic carbocycles. The molecule has 2 aromatic rings. The molecule has 0 radical (unpaired) electrons. The lowest BCUT2D eigenvalue weighted by atomic mass is 10.1. The highest BCUT2D eigenvalue weighted by Crippen LogP contribution is 2.13. The van der Waals surface area contributed by atoms with Crippen molar-refractivity contribution < 1.29 is 4.79 Å². The van der Waals surface area contributed by atoms with Gasteiger partial charge in [0.1, 0.15) is 0 Å². The SMILES string of the molecule is CN(Cc1cccs1)C(=O)Cc1ccc(S)cc1. The number of benzene rings is 1. The van der Waals surface area contributed by atoms with Crippen LogP contribution < -0.4 is 0 Å². The Morgan fingerprint density at radius 2 is 2.00 bits per heavy atom. The lowest BCUT2D eigenvalue weighted by molar-refractivity contribution is -0.129. The largest absolute Gasteiger partial charge is 0.340 e. The zero-order valence-corrected chi connectivity index (χ0v) is 11.9. The first kappa shape index (κ1) is 13.2. The van der Waals surface area contributed by atoms with Crippen molar-refractivity contribution in [3.8, 4) is 0 Å². The van der Waals surface area contributed by atoms with Crippen LogP contribution in [0.25, 0.3) is 0 Å². The van der Waals surface area contributed by atoms with Crippen molar-refractivity contribution >= 4 is 29.9 Å². The van der Waals surface area contributed by atoms with Crippen LogP contribution in [0.3, 0.4) is 0 Å². The number of rotatable bonds is 4. The Balaban J connectivity index is 1.93. The summed E-state index contributed by atoms with van der Waals surface area (Å²) in [6.07, 6.45) is 0.440. The molecule has 1 aromatic heterocycles. The summed E-state index contributed by atoms with van der Waals surface area (Å²) in [6, 6.07) is 11.8. The maximum absolute atomic E-state index is 12.0. The van der Waals surface area contributed by atoms with Gasteiger partial charge in [-0.2, -0.15) is 0 Å². The van der Waals surface area contributed by atoms with Gasteiger partial charge in [0, 0.05) is 16.8 Å². The van der Waals surface area contributed by atoms with Gasteiger partial charge in [-0.1, -0.05) is 18.2 Å². The summed E-state index contributed by atoms with van der Waals surface area (Å²) < 4.78 is 0. The van der Waals surface area contributed by atoms with Gasteiger partial charge in [0.2, 0.25) is 5.91 Å². The summed E-state index contributed by atoms with van der Waals surface area (Å²) in [7, 11) is 1.84. The Labute approximate surface area is 117 Å². The second-order valence-electron chi connectivity index (χ2n) is 4.17. The van der Waals surface area contributed by atoms with Crippen LogP contribution in [0.15, 0.2) is 46.7 Å². The highest BCUT2D eigenvalue weighted by atomic mass is 32.1. The van der Waals surface area contributed by atoms with Crippen LogP contribution in [0.1, 0.15) is 10.4 Å². The van der Waals surface area contributed by atoms with E-state index < -0.39 is 0 Å². The molecule has 0 aliphatic carbocycles. The van der Waals surface area contributed by atoms with Gasteiger partial charge in [0.25, 0.3) is 0 Å². The fraction of sp³-hybridized carbons (Fsp3) is 0.214. The Morgan fingerprint density at radius 3 is 2.61 bits per heavy atom. The monoisotopic (exact) mass is 277 g/mol. The van der Waals surface area contributed by atoms with Crippen molar-refractivity contribution in [2.24, 2.45) is 0 Å². The molecule has 0 aliphatic heterocycles. The van der Waals surface area contributed by atoms with Crippen LogP contribution in [-0.2, 0) is 17.8 Å². The summed E-state index contributed by atoms with van der Waals surface area (Å²) in [5, 5.41) is 2.03. The molecule has 4 heteroatoms. The van der Waals surface area contributed by atoms with Gasteiger partial charge in [-0.25, -0.2) is 0 Å². The molecule has 1 amide bonds. The summed E-state index contributed by atoms with van der Waals surface area (Å²) in [5.74, 6) is 0.135. The molecule has 0 fully saturated rings.